The predicted molar refractivity (Wildman–Crippen MR) is 69.4 cm³/mol. The van der Waals surface area contributed by atoms with Crippen molar-refractivity contribution >= 4 is 17.2 Å². The lowest BCUT2D eigenvalue weighted by Gasteiger charge is -2.27. The Kier molecular flexibility index (Phi) is 4.12. The molecular formula is C12H19N3OS. The molecule has 94 valence electrons. The highest BCUT2D eigenvalue weighted by Crippen LogP contribution is 2.16. The molecule has 1 aliphatic heterocycles. The number of piperidine rings is 1. The summed E-state index contributed by atoms with van der Waals surface area (Å²) >= 11 is 1.47. The second-order valence-corrected chi connectivity index (χ2v) is 5.88. The number of amides is 1. The largest absolute Gasteiger partial charge is 0.341 e. The maximum atomic E-state index is 12.1. The van der Waals surface area contributed by atoms with Gasteiger partial charge in [-0.3, -0.25) is 4.79 Å². The number of hydrogen-bond acceptors (Lipinski definition) is 4. The lowest BCUT2D eigenvalue weighted by Crippen LogP contribution is -2.38. The third-order valence-corrected chi connectivity index (χ3v) is 4.01. The molecule has 1 unspecified atom stereocenters. The van der Waals surface area contributed by atoms with Gasteiger partial charge in [-0.1, -0.05) is 0 Å². The topological polar surface area (TPSA) is 45.2 Å². The maximum Gasteiger partial charge on any atom is 0.265 e. The third kappa shape index (κ3) is 3.26. The lowest BCUT2D eigenvalue weighted by molar-refractivity contribution is 0.0769. The predicted octanol–water partition coefficient (Wildman–Crippen LogP) is 1.52. The van der Waals surface area contributed by atoms with Gasteiger partial charge in [-0.2, -0.15) is 0 Å². The van der Waals surface area contributed by atoms with Crippen LogP contribution in [0.5, 0.6) is 0 Å². The molecule has 1 saturated heterocycles. The molecule has 1 amide bonds. The van der Waals surface area contributed by atoms with Crippen LogP contribution < -0.4 is 5.32 Å². The number of nitrogens with one attached hydrogen (secondary N) is 1. The van der Waals surface area contributed by atoms with Crippen molar-refractivity contribution in [2.45, 2.75) is 19.8 Å². The van der Waals surface area contributed by atoms with Crippen molar-refractivity contribution in [1.29, 1.82) is 0 Å². The molecule has 1 aliphatic rings. The van der Waals surface area contributed by atoms with Crippen LogP contribution >= 0.6 is 11.3 Å². The van der Waals surface area contributed by atoms with Gasteiger partial charge < -0.3 is 10.2 Å². The van der Waals surface area contributed by atoms with Crippen LogP contribution in [0.15, 0.2) is 6.20 Å². The fourth-order valence-electron chi connectivity index (χ4n) is 2.20. The summed E-state index contributed by atoms with van der Waals surface area (Å²) in [6.45, 7) is 4.90. The number of aryl methyl sites for hydroxylation is 1. The van der Waals surface area contributed by atoms with Crippen molar-refractivity contribution < 1.29 is 4.79 Å². The molecule has 0 radical (unpaired) electrons. The maximum absolute atomic E-state index is 12.1. The van der Waals surface area contributed by atoms with Crippen LogP contribution in [0.3, 0.4) is 0 Å². The molecule has 0 aliphatic carbocycles. The number of aromatic nitrogens is 1. The number of rotatable bonds is 3. The summed E-state index contributed by atoms with van der Waals surface area (Å²) in [6.07, 6.45) is 4.11. The number of hydrogen-bond donors (Lipinski definition) is 1. The van der Waals surface area contributed by atoms with Crippen molar-refractivity contribution in [1.82, 2.24) is 15.2 Å². The average Bonchev–Trinajstić information content (AvgIpc) is 2.76. The van der Waals surface area contributed by atoms with E-state index >= 15 is 0 Å². The van der Waals surface area contributed by atoms with E-state index in [9.17, 15) is 4.79 Å². The smallest absolute Gasteiger partial charge is 0.265 e. The first kappa shape index (κ1) is 12.5. The Morgan fingerprint density at radius 1 is 1.71 bits per heavy atom. The normalized spacial score (nSPS) is 20.2. The Morgan fingerprint density at radius 3 is 3.12 bits per heavy atom. The van der Waals surface area contributed by atoms with Crippen molar-refractivity contribution in [3.05, 3.63) is 16.1 Å². The first-order valence-electron chi connectivity index (χ1n) is 6.05. The molecular weight excluding hydrogens is 234 g/mol. The van der Waals surface area contributed by atoms with Crippen LogP contribution in [0.4, 0.5) is 0 Å². The van der Waals surface area contributed by atoms with Gasteiger partial charge >= 0.3 is 0 Å². The highest BCUT2D eigenvalue weighted by molar-refractivity contribution is 7.13. The Morgan fingerprint density at radius 2 is 2.53 bits per heavy atom. The van der Waals surface area contributed by atoms with E-state index in [1.807, 2.05) is 18.9 Å². The fraction of sp³-hybridized carbons (Fsp3) is 0.667. The molecule has 1 fully saturated rings. The fourth-order valence-corrected chi connectivity index (χ4v) is 2.97. The van der Waals surface area contributed by atoms with Gasteiger partial charge in [0.1, 0.15) is 4.88 Å². The molecule has 2 rings (SSSR count). The zero-order chi connectivity index (χ0) is 12.3. The molecule has 1 aromatic rings. The van der Waals surface area contributed by atoms with E-state index in [-0.39, 0.29) is 5.91 Å². The number of carbonyl (C=O) groups is 1. The van der Waals surface area contributed by atoms with Gasteiger partial charge in [0.05, 0.1) is 11.2 Å². The second kappa shape index (κ2) is 5.60. The summed E-state index contributed by atoms with van der Waals surface area (Å²) in [6, 6.07) is 0. The Labute approximate surface area is 106 Å². The van der Waals surface area contributed by atoms with Gasteiger partial charge in [-0.05, 0) is 38.8 Å². The van der Waals surface area contributed by atoms with Gasteiger partial charge in [0.25, 0.3) is 5.91 Å². The molecule has 1 N–H and O–H groups in total. The second-order valence-electron chi connectivity index (χ2n) is 4.64. The number of nitrogens with zero attached hydrogens (tertiary/aromatic N) is 2. The van der Waals surface area contributed by atoms with Crippen LogP contribution in [-0.4, -0.2) is 42.5 Å². The quantitative estimate of drug-likeness (QED) is 0.888. The van der Waals surface area contributed by atoms with Crippen LogP contribution in [0.1, 0.15) is 27.5 Å². The van der Waals surface area contributed by atoms with Crippen LogP contribution in [0.2, 0.25) is 0 Å². The highest BCUT2D eigenvalue weighted by atomic mass is 32.1. The Balaban J connectivity index is 1.90. The summed E-state index contributed by atoms with van der Waals surface area (Å²) in [7, 11) is 1.88. The van der Waals surface area contributed by atoms with Crippen LogP contribution in [-0.2, 0) is 0 Å². The van der Waals surface area contributed by atoms with Crippen molar-refractivity contribution in [3.8, 4) is 0 Å². The molecule has 4 nitrogen and oxygen atoms in total. The molecule has 0 bridgehead atoms. The zero-order valence-electron chi connectivity index (χ0n) is 10.4. The molecule has 1 atom stereocenters. The summed E-state index contributed by atoms with van der Waals surface area (Å²) in [5.41, 5.74) is 0. The number of carbonyl (C=O) groups excluding carboxylic acids is 1. The monoisotopic (exact) mass is 253 g/mol. The molecule has 0 saturated carbocycles. The molecule has 2 heterocycles. The van der Waals surface area contributed by atoms with Crippen LogP contribution in [0, 0.1) is 12.8 Å². The minimum atomic E-state index is 0.0983. The average molecular weight is 253 g/mol. The Hall–Kier alpha value is -0.940. The standard InChI is InChI=1S/C12H19N3OS/c1-9-14-7-11(17-9)12(16)15(2)8-10-4-3-5-13-6-10/h7,10,13H,3-6,8H2,1-2H3. The van der Waals surface area contributed by atoms with Gasteiger partial charge in [0.2, 0.25) is 0 Å². The van der Waals surface area contributed by atoms with Crippen molar-refractivity contribution in [2.24, 2.45) is 5.92 Å². The van der Waals surface area contributed by atoms with Crippen molar-refractivity contribution in [3.63, 3.8) is 0 Å². The molecule has 0 spiro atoms. The van der Waals surface area contributed by atoms with E-state index < -0.39 is 0 Å². The third-order valence-electron chi connectivity index (χ3n) is 3.11. The van der Waals surface area contributed by atoms with Gasteiger partial charge in [0, 0.05) is 13.6 Å². The van der Waals surface area contributed by atoms with E-state index in [0.717, 1.165) is 29.5 Å². The molecule has 5 heteroatoms. The first-order valence-corrected chi connectivity index (χ1v) is 6.87. The minimum Gasteiger partial charge on any atom is -0.341 e. The van der Waals surface area contributed by atoms with Crippen molar-refractivity contribution in [2.75, 3.05) is 26.7 Å². The van der Waals surface area contributed by atoms with Gasteiger partial charge in [-0.25, -0.2) is 4.98 Å². The first-order chi connectivity index (χ1) is 8.16. The summed E-state index contributed by atoms with van der Waals surface area (Å²) in [5.74, 6) is 0.688. The molecule has 17 heavy (non-hydrogen) atoms. The van der Waals surface area contributed by atoms with E-state index in [0.29, 0.717) is 5.92 Å². The summed E-state index contributed by atoms with van der Waals surface area (Å²) in [5, 5.41) is 4.32. The number of thiazole rings is 1. The summed E-state index contributed by atoms with van der Waals surface area (Å²) < 4.78 is 0. The van der Waals surface area contributed by atoms with Gasteiger partial charge in [0.15, 0.2) is 0 Å². The minimum absolute atomic E-state index is 0.0983. The van der Waals surface area contributed by atoms with Gasteiger partial charge in [-0.15, -0.1) is 11.3 Å². The Bertz CT molecular complexity index is 385. The summed E-state index contributed by atoms with van der Waals surface area (Å²) in [4.78, 5) is 18.8. The zero-order valence-corrected chi connectivity index (χ0v) is 11.2. The van der Waals surface area contributed by atoms with E-state index in [1.54, 1.807) is 6.20 Å². The van der Waals surface area contributed by atoms with E-state index in [2.05, 4.69) is 10.3 Å². The van der Waals surface area contributed by atoms with Crippen LogP contribution in [0.25, 0.3) is 0 Å². The van der Waals surface area contributed by atoms with E-state index in [1.165, 1.54) is 24.2 Å². The van der Waals surface area contributed by atoms with E-state index in [4.69, 9.17) is 0 Å². The molecule has 0 aromatic carbocycles. The molecule has 1 aromatic heterocycles. The lowest BCUT2D eigenvalue weighted by atomic mass is 9.99. The highest BCUT2D eigenvalue weighted by Gasteiger charge is 2.20. The SMILES string of the molecule is Cc1ncc(C(=O)N(C)CC2CCCNC2)s1.